The number of hydrogen-bond donors (Lipinski definition) is 3. The maximum atomic E-state index is 9.82. The average Bonchev–Trinajstić information content (AvgIpc) is 2.45. The molecule has 0 saturated carbocycles. The predicted molar refractivity (Wildman–Crippen MR) is 68.7 cm³/mol. The van der Waals surface area contributed by atoms with Crippen LogP contribution in [0.15, 0.2) is 24.3 Å². The number of hydrogen-bond acceptors (Lipinski definition) is 6. The van der Waals surface area contributed by atoms with E-state index in [1.807, 2.05) is 6.07 Å². The van der Waals surface area contributed by atoms with Crippen molar-refractivity contribution in [1.29, 1.82) is 5.26 Å². The molecule has 0 radical (unpaired) electrons. The summed E-state index contributed by atoms with van der Waals surface area (Å²) in [4.78, 5) is 0. The fourth-order valence-corrected chi connectivity index (χ4v) is 2.02. The van der Waals surface area contributed by atoms with Gasteiger partial charge in [0.25, 0.3) is 0 Å². The van der Waals surface area contributed by atoms with Gasteiger partial charge < -0.3 is 24.8 Å². The van der Waals surface area contributed by atoms with Crippen LogP contribution in [0.5, 0.6) is 5.75 Å². The second kappa shape index (κ2) is 6.20. The van der Waals surface area contributed by atoms with E-state index in [4.69, 9.17) is 14.7 Å². The van der Waals surface area contributed by atoms with E-state index in [2.05, 4.69) is 0 Å². The Balaban J connectivity index is 2.04. The number of aliphatic hydroxyl groups is 3. The molecule has 1 fully saturated rings. The predicted octanol–water partition coefficient (Wildman–Crippen LogP) is -0.0410. The molecule has 1 aliphatic rings. The molecular weight excluding hydrogens is 262 g/mol. The molecule has 6 nitrogen and oxygen atoms in total. The van der Waals surface area contributed by atoms with Gasteiger partial charge in [-0.1, -0.05) is 12.1 Å². The van der Waals surface area contributed by atoms with Gasteiger partial charge in [-0.25, -0.2) is 0 Å². The first-order chi connectivity index (χ1) is 9.52. The zero-order valence-corrected chi connectivity index (χ0v) is 11.0. The molecule has 1 aromatic rings. The van der Waals surface area contributed by atoms with E-state index in [9.17, 15) is 15.3 Å². The van der Waals surface area contributed by atoms with Gasteiger partial charge in [0.2, 0.25) is 6.29 Å². The van der Waals surface area contributed by atoms with Gasteiger partial charge in [-0.15, -0.1) is 0 Å². The zero-order chi connectivity index (χ0) is 14.7. The van der Waals surface area contributed by atoms with E-state index in [-0.39, 0.29) is 0 Å². The first-order valence-electron chi connectivity index (χ1n) is 6.35. The van der Waals surface area contributed by atoms with Crippen LogP contribution in [0.25, 0.3) is 0 Å². The first kappa shape index (κ1) is 14.8. The molecule has 2 rings (SSSR count). The van der Waals surface area contributed by atoms with E-state index in [0.717, 1.165) is 5.56 Å². The standard InChI is InChI=1S/C14H17NO5/c1-8-11(16)12(17)13(18)14(19-8)20-10-4-2-9(3-5-10)6-7-15/h2-5,8,11-14,16-18H,6H2,1H3/t8-,11-,12+,13-,14-/m1/s1. The van der Waals surface area contributed by atoms with Crippen molar-refractivity contribution >= 4 is 0 Å². The summed E-state index contributed by atoms with van der Waals surface area (Å²) in [6.07, 6.45) is -5.18. The number of nitrogens with zero attached hydrogens (tertiary/aromatic N) is 1. The van der Waals surface area contributed by atoms with Crippen LogP contribution >= 0.6 is 0 Å². The number of benzene rings is 1. The van der Waals surface area contributed by atoms with Crippen LogP contribution < -0.4 is 4.74 Å². The quantitative estimate of drug-likeness (QED) is 0.717. The molecule has 0 unspecified atom stereocenters. The van der Waals surface area contributed by atoms with Crippen LogP contribution in [0.4, 0.5) is 0 Å². The van der Waals surface area contributed by atoms with Gasteiger partial charge >= 0.3 is 0 Å². The third-order valence-electron chi connectivity index (χ3n) is 3.27. The third-order valence-corrected chi connectivity index (χ3v) is 3.27. The lowest BCUT2D eigenvalue weighted by Gasteiger charge is -2.38. The van der Waals surface area contributed by atoms with E-state index in [1.165, 1.54) is 0 Å². The Labute approximate surface area is 116 Å². The van der Waals surface area contributed by atoms with Gasteiger partial charge in [-0.2, -0.15) is 5.26 Å². The SMILES string of the molecule is C[C@H]1O[C@H](Oc2ccc(CC#N)cc2)[C@H](O)[C@@H](O)[C@@H]1O. The molecule has 1 saturated heterocycles. The molecule has 108 valence electrons. The monoisotopic (exact) mass is 279 g/mol. The lowest BCUT2D eigenvalue weighted by Crippen LogP contribution is -2.58. The number of nitriles is 1. The number of aliphatic hydroxyl groups excluding tert-OH is 3. The highest BCUT2D eigenvalue weighted by Crippen LogP contribution is 2.24. The normalized spacial score (nSPS) is 33.5. The van der Waals surface area contributed by atoms with Gasteiger partial charge in [0.05, 0.1) is 18.6 Å². The minimum Gasteiger partial charge on any atom is -0.462 e. The lowest BCUT2D eigenvalue weighted by atomic mass is 10.00. The van der Waals surface area contributed by atoms with Crippen LogP contribution in [-0.4, -0.2) is 46.0 Å². The van der Waals surface area contributed by atoms with Crippen molar-refractivity contribution < 1.29 is 24.8 Å². The summed E-state index contributed by atoms with van der Waals surface area (Å²) in [6, 6.07) is 8.83. The number of ether oxygens (including phenoxy) is 2. The van der Waals surface area contributed by atoms with Crippen molar-refractivity contribution in [3.8, 4) is 11.8 Å². The Bertz CT molecular complexity index is 483. The third kappa shape index (κ3) is 3.08. The smallest absolute Gasteiger partial charge is 0.229 e. The van der Waals surface area contributed by atoms with Gasteiger partial charge in [-0.05, 0) is 24.6 Å². The maximum Gasteiger partial charge on any atom is 0.229 e. The molecule has 0 spiro atoms. The molecule has 1 heterocycles. The zero-order valence-electron chi connectivity index (χ0n) is 11.0. The van der Waals surface area contributed by atoms with E-state index >= 15 is 0 Å². The average molecular weight is 279 g/mol. The Hall–Kier alpha value is -1.65. The summed E-state index contributed by atoms with van der Waals surface area (Å²) in [5.41, 5.74) is 0.855. The highest BCUT2D eigenvalue weighted by molar-refractivity contribution is 5.28. The topological polar surface area (TPSA) is 103 Å². The van der Waals surface area contributed by atoms with Crippen molar-refractivity contribution in [1.82, 2.24) is 0 Å². The van der Waals surface area contributed by atoms with Crippen molar-refractivity contribution in [2.24, 2.45) is 0 Å². The van der Waals surface area contributed by atoms with Crippen LogP contribution in [0.2, 0.25) is 0 Å². The van der Waals surface area contributed by atoms with Crippen LogP contribution in [0.1, 0.15) is 12.5 Å². The molecule has 0 amide bonds. The summed E-state index contributed by atoms with van der Waals surface area (Å²) >= 11 is 0. The van der Waals surface area contributed by atoms with Gasteiger partial charge in [0.1, 0.15) is 24.1 Å². The summed E-state index contributed by atoms with van der Waals surface area (Å²) in [5.74, 6) is 0.450. The van der Waals surface area contributed by atoms with Gasteiger partial charge in [0, 0.05) is 0 Å². The lowest BCUT2D eigenvalue weighted by molar-refractivity contribution is -0.268. The molecule has 6 heteroatoms. The van der Waals surface area contributed by atoms with Crippen LogP contribution in [0, 0.1) is 11.3 Å². The highest BCUT2D eigenvalue weighted by Gasteiger charge is 2.43. The second-order valence-corrected chi connectivity index (χ2v) is 4.78. The summed E-state index contributed by atoms with van der Waals surface area (Å²) < 4.78 is 10.8. The Kier molecular flexibility index (Phi) is 4.57. The number of rotatable bonds is 3. The van der Waals surface area contributed by atoms with E-state index in [1.54, 1.807) is 31.2 Å². The minimum atomic E-state index is -1.33. The highest BCUT2D eigenvalue weighted by atomic mass is 16.7. The fourth-order valence-electron chi connectivity index (χ4n) is 2.02. The molecule has 1 aromatic carbocycles. The molecule has 0 aliphatic carbocycles. The van der Waals surface area contributed by atoms with Crippen molar-refractivity contribution in [3.63, 3.8) is 0 Å². The van der Waals surface area contributed by atoms with Gasteiger partial charge in [-0.3, -0.25) is 0 Å². The summed E-state index contributed by atoms with van der Waals surface area (Å²) in [6.45, 7) is 1.59. The molecule has 3 N–H and O–H groups in total. The van der Waals surface area contributed by atoms with Crippen LogP contribution in [-0.2, 0) is 11.2 Å². The Morgan fingerprint density at radius 2 is 1.80 bits per heavy atom. The first-order valence-corrected chi connectivity index (χ1v) is 6.35. The summed E-state index contributed by atoms with van der Waals surface area (Å²) in [7, 11) is 0. The van der Waals surface area contributed by atoms with E-state index in [0.29, 0.717) is 12.2 Å². The Morgan fingerprint density at radius 3 is 2.40 bits per heavy atom. The van der Waals surface area contributed by atoms with Crippen molar-refractivity contribution in [3.05, 3.63) is 29.8 Å². The Morgan fingerprint density at radius 1 is 1.15 bits per heavy atom. The molecule has 0 bridgehead atoms. The molecular formula is C14H17NO5. The molecule has 1 aliphatic heterocycles. The molecule has 5 atom stereocenters. The maximum absolute atomic E-state index is 9.82. The van der Waals surface area contributed by atoms with E-state index < -0.39 is 30.7 Å². The van der Waals surface area contributed by atoms with Crippen molar-refractivity contribution in [2.45, 2.75) is 44.1 Å². The van der Waals surface area contributed by atoms with Crippen molar-refractivity contribution in [2.75, 3.05) is 0 Å². The molecule has 20 heavy (non-hydrogen) atoms. The fraction of sp³-hybridized carbons (Fsp3) is 0.500. The largest absolute Gasteiger partial charge is 0.462 e. The second-order valence-electron chi connectivity index (χ2n) is 4.78. The summed E-state index contributed by atoms with van der Waals surface area (Å²) in [5, 5.41) is 37.7. The van der Waals surface area contributed by atoms with Crippen LogP contribution in [0.3, 0.4) is 0 Å². The minimum absolute atomic E-state index is 0.310. The molecule has 0 aromatic heterocycles. The van der Waals surface area contributed by atoms with Gasteiger partial charge in [0.15, 0.2) is 0 Å².